The van der Waals surface area contributed by atoms with Crippen LogP contribution in [0.2, 0.25) is 0 Å². The molecule has 2 aromatic carbocycles. The number of aromatic amines is 2. The second-order valence-electron chi connectivity index (χ2n) is 7.41. The third-order valence-electron chi connectivity index (χ3n) is 5.48. The van der Waals surface area contributed by atoms with E-state index in [9.17, 15) is 14.7 Å². The van der Waals surface area contributed by atoms with Gasteiger partial charge in [-0.1, -0.05) is 18.2 Å². The Labute approximate surface area is 189 Å². The van der Waals surface area contributed by atoms with Gasteiger partial charge in [0.15, 0.2) is 0 Å². The van der Waals surface area contributed by atoms with E-state index in [2.05, 4.69) is 15.0 Å². The maximum absolute atomic E-state index is 12.6. The fourth-order valence-corrected chi connectivity index (χ4v) is 3.81. The summed E-state index contributed by atoms with van der Waals surface area (Å²) in [6.45, 7) is 2.02. The van der Waals surface area contributed by atoms with Crippen molar-refractivity contribution in [3.8, 4) is 23.1 Å². The smallest absolute Gasteiger partial charge is 0.335 e. The fourth-order valence-electron chi connectivity index (χ4n) is 3.81. The number of para-hydroxylation sites is 1. The normalized spacial score (nSPS) is 11.7. The number of aliphatic imine (C=N–C) groups is 1. The van der Waals surface area contributed by atoms with Gasteiger partial charge in [0.05, 0.1) is 19.9 Å². The largest absolute Gasteiger partial charge is 0.497 e. The Kier molecular flexibility index (Phi) is 6.03. The number of hydrogen-bond donors (Lipinski definition) is 3. The van der Waals surface area contributed by atoms with Gasteiger partial charge in [-0.05, 0) is 37.1 Å². The van der Waals surface area contributed by atoms with Crippen LogP contribution >= 0.6 is 0 Å². The lowest BCUT2D eigenvalue weighted by Gasteiger charge is -2.15. The van der Waals surface area contributed by atoms with Crippen LogP contribution in [0.3, 0.4) is 0 Å². The first-order chi connectivity index (χ1) is 15.9. The standard InChI is InChI=1S/C24H24N4O5/c1-14(25-11-10-15-13-26-18-7-5-4-6-17(15)18)21-22(29)27-24(31)28(23(21)30)19-12-16(32-2)8-9-20(19)33-3/h4-9,12-13,26,30H,10-11H2,1-3H3,(H,27,29,31). The minimum absolute atomic E-state index is 0.0848. The van der Waals surface area contributed by atoms with E-state index in [0.717, 1.165) is 21.0 Å². The molecular weight excluding hydrogens is 424 g/mol. The molecule has 9 nitrogen and oxygen atoms in total. The Morgan fingerprint density at radius 3 is 2.67 bits per heavy atom. The van der Waals surface area contributed by atoms with Crippen molar-refractivity contribution in [3.63, 3.8) is 0 Å². The van der Waals surface area contributed by atoms with E-state index in [0.29, 0.717) is 30.2 Å². The molecule has 0 aliphatic rings. The van der Waals surface area contributed by atoms with Crippen LogP contribution in [0.1, 0.15) is 18.1 Å². The Bertz CT molecular complexity index is 1460. The lowest BCUT2D eigenvalue weighted by molar-refractivity contribution is 0.393. The second kappa shape index (κ2) is 9.07. The van der Waals surface area contributed by atoms with Crippen molar-refractivity contribution < 1.29 is 14.6 Å². The van der Waals surface area contributed by atoms with Gasteiger partial charge in [0, 0.05) is 35.4 Å². The van der Waals surface area contributed by atoms with Gasteiger partial charge >= 0.3 is 5.69 Å². The molecule has 0 atom stereocenters. The molecule has 4 aromatic rings. The molecule has 0 unspecified atom stereocenters. The molecule has 9 heteroatoms. The molecular formula is C24H24N4O5. The molecule has 170 valence electrons. The van der Waals surface area contributed by atoms with Gasteiger partial charge in [-0.2, -0.15) is 0 Å². The van der Waals surface area contributed by atoms with Crippen molar-refractivity contribution in [3.05, 3.63) is 80.6 Å². The van der Waals surface area contributed by atoms with Gasteiger partial charge in [-0.3, -0.25) is 14.8 Å². The molecule has 2 aromatic heterocycles. The third-order valence-corrected chi connectivity index (χ3v) is 5.48. The van der Waals surface area contributed by atoms with Crippen LogP contribution in [0.15, 0.2) is 63.2 Å². The number of nitrogens with one attached hydrogen (secondary N) is 2. The van der Waals surface area contributed by atoms with Crippen molar-refractivity contribution in [2.24, 2.45) is 4.99 Å². The molecule has 33 heavy (non-hydrogen) atoms. The highest BCUT2D eigenvalue weighted by atomic mass is 16.5. The Hall–Kier alpha value is -4.27. The van der Waals surface area contributed by atoms with Crippen LogP contribution in [0, 0.1) is 0 Å². The third kappa shape index (κ3) is 4.12. The maximum Gasteiger partial charge on any atom is 0.335 e. The van der Waals surface area contributed by atoms with Gasteiger partial charge in [0.2, 0.25) is 5.88 Å². The SMILES string of the molecule is COc1ccc(OC)c(-n2c(O)c(C(C)=NCCc3c[nH]c4ccccc34)c(=O)[nH]c2=O)c1. The van der Waals surface area contributed by atoms with Crippen molar-refractivity contribution in [2.75, 3.05) is 20.8 Å². The van der Waals surface area contributed by atoms with Gasteiger partial charge in [-0.15, -0.1) is 0 Å². The fraction of sp³-hybridized carbons (Fsp3) is 0.208. The summed E-state index contributed by atoms with van der Waals surface area (Å²) in [7, 11) is 2.93. The number of H-pyrrole nitrogens is 2. The highest BCUT2D eigenvalue weighted by Gasteiger charge is 2.20. The lowest BCUT2D eigenvalue weighted by Crippen LogP contribution is -2.33. The molecule has 0 amide bonds. The molecule has 0 saturated heterocycles. The number of aromatic nitrogens is 3. The van der Waals surface area contributed by atoms with E-state index in [1.165, 1.54) is 20.3 Å². The maximum atomic E-state index is 12.6. The van der Waals surface area contributed by atoms with Gasteiger partial charge in [-0.25, -0.2) is 9.36 Å². The zero-order valence-corrected chi connectivity index (χ0v) is 18.5. The molecule has 0 fully saturated rings. The molecule has 4 rings (SSSR count). The van der Waals surface area contributed by atoms with Crippen LogP contribution < -0.4 is 20.7 Å². The predicted octanol–water partition coefficient (Wildman–Crippen LogP) is 2.78. The number of rotatable bonds is 7. The Morgan fingerprint density at radius 2 is 1.91 bits per heavy atom. The monoisotopic (exact) mass is 448 g/mol. The van der Waals surface area contributed by atoms with E-state index in [4.69, 9.17) is 9.47 Å². The highest BCUT2D eigenvalue weighted by Crippen LogP contribution is 2.29. The minimum atomic E-state index is -0.806. The Balaban J connectivity index is 1.71. The number of nitrogens with zero attached hydrogens (tertiary/aromatic N) is 2. The number of methoxy groups -OCH3 is 2. The molecule has 0 radical (unpaired) electrons. The summed E-state index contributed by atoms with van der Waals surface area (Å²) in [6.07, 6.45) is 2.58. The van der Waals surface area contributed by atoms with Crippen molar-refractivity contribution in [1.29, 1.82) is 0 Å². The molecule has 0 saturated carbocycles. The number of ether oxygens (including phenoxy) is 2. The summed E-state index contributed by atoms with van der Waals surface area (Å²) in [5, 5.41) is 12.1. The first-order valence-electron chi connectivity index (χ1n) is 10.3. The average molecular weight is 448 g/mol. The molecule has 0 bridgehead atoms. The van der Waals surface area contributed by atoms with E-state index in [1.807, 2.05) is 30.5 Å². The zero-order valence-electron chi connectivity index (χ0n) is 18.5. The molecule has 0 aliphatic heterocycles. The van der Waals surface area contributed by atoms with E-state index < -0.39 is 17.1 Å². The molecule has 2 heterocycles. The van der Waals surface area contributed by atoms with Crippen LogP contribution in [-0.4, -0.2) is 46.1 Å². The van der Waals surface area contributed by atoms with E-state index >= 15 is 0 Å². The zero-order chi connectivity index (χ0) is 23.5. The summed E-state index contributed by atoms with van der Waals surface area (Å²) >= 11 is 0. The molecule has 3 N–H and O–H groups in total. The van der Waals surface area contributed by atoms with E-state index in [-0.39, 0.29) is 11.3 Å². The number of aromatic hydroxyl groups is 1. The topological polar surface area (TPSA) is 122 Å². The van der Waals surface area contributed by atoms with Crippen LogP contribution in [0.25, 0.3) is 16.6 Å². The molecule has 0 aliphatic carbocycles. The predicted molar refractivity (Wildman–Crippen MR) is 127 cm³/mol. The quantitative estimate of drug-likeness (QED) is 0.375. The first-order valence-corrected chi connectivity index (χ1v) is 10.3. The summed E-state index contributed by atoms with van der Waals surface area (Å²) in [4.78, 5) is 35.1. The number of fused-ring (bicyclic) bond motifs is 1. The van der Waals surface area contributed by atoms with Crippen molar-refractivity contribution in [2.45, 2.75) is 13.3 Å². The van der Waals surface area contributed by atoms with Gasteiger partial charge < -0.3 is 19.6 Å². The second-order valence-corrected chi connectivity index (χ2v) is 7.41. The van der Waals surface area contributed by atoms with Gasteiger partial charge in [0.25, 0.3) is 5.56 Å². The van der Waals surface area contributed by atoms with Crippen LogP contribution in [0.5, 0.6) is 17.4 Å². The summed E-state index contributed by atoms with van der Waals surface area (Å²) < 4.78 is 11.5. The molecule has 0 spiro atoms. The highest BCUT2D eigenvalue weighted by molar-refractivity contribution is 6.00. The van der Waals surface area contributed by atoms with Gasteiger partial charge in [0.1, 0.15) is 17.1 Å². The lowest BCUT2D eigenvalue weighted by atomic mass is 10.1. The van der Waals surface area contributed by atoms with Crippen LogP contribution in [0.4, 0.5) is 0 Å². The Morgan fingerprint density at radius 1 is 1.12 bits per heavy atom. The van der Waals surface area contributed by atoms with E-state index in [1.54, 1.807) is 19.1 Å². The first kappa shape index (κ1) is 21.9. The van der Waals surface area contributed by atoms with Crippen LogP contribution in [-0.2, 0) is 6.42 Å². The van der Waals surface area contributed by atoms with Crippen molar-refractivity contribution >= 4 is 16.6 Å². The average Bonchev–Trinajstić information content (AvgIpc) is 3.21. The minimum Gasteiger partial charge on any atom is -0.497 e. The number of benzene rings is 2. The van der Waals surface area contributed by atoms with Crippen molar-refractivity contribution in [1.82, 2.24) is 14.5 Å². The summed E-state index contributed by atoms with van der Waals surface area (Å²) in [5.41, 5.74) is 1.07. The summed E-state index contributed by atoms with van der Waals surface area (Å²) in [5.74, 6) is 0.248. The number of hydrogen-bond acceptors (Lipinski definition) is 6. The summed E-state index contributed by atoms with van der Waals surface area (Å²) in [6, 6.07) is 12.8.